The van der Waals surface area contributed by atoms with E-state index in [0.717, 1.165) is 0 Å². The zero-order chi connectivity index (χ0) is 18.9. The SMILES string of the molecule is COCCOc1cccc(NC(=O)c2ccccc2Oc2ccccc2)c1. The van der Waals surface area contributed by atoms with Gasteiger partial charge in [0.25, 0.3) is 5.91 Å². The molecule has 0 aliphatic rings. The molecule has 5 nitrogen and oxygen atoms in total. The Hall–Kier alpha value is -3.31. The number of carbonyl (C=O) groups is 1. The quantitative estimate of drug-likeness (QED) is 0.587. The standard InChI is InChI=1S/C22H21NO4/c1-25-14-15-26-19-11-7-8-17(16-19)23-22(24)20-12-5-6-13-21(20)27-18-9-3-2-4-10-18/h2-13,16H,14-15H2,1H3,(H,23,24). The molecule has 0 aromatic heterocycles. The monoisotopic (exact) mass is 363 g/mol. The molecule has 3 aromatic carbocycles. The van der Waals surface area contributed by atoms with Crippen LogP contribution in [0.4, 0.5) is 5.69 Å². The molecule has 0 saturated heterocycles. The minimum absolute atomic E-state index is 0.254. The predicted octanol–water partition coefficient (Wildman–Crippen LogP) is 4.76. The first-order valence-corrected chi connectivity index (χ1v) is 8.61. The molecule has 0 heterocycles. The first kappa shape index (κ1) is 18.5. The number of para-hydroxylation sites is 2. The Morgan fingerprint density at radius 2 is 1.59 bits per heavy atom. The number of carbonyl (C=O) groups excluding carboxylic acids is 1. The molecule has 5 heteroatoms. The summed E-state index contributed by atoms with van der Waals surface area (Å²) in [6.07, 6.45) is 0. The summed E-state index contributed by atoms with van der Waals surface area (Å²) in [5.74, 6) is 1.58. The van der Waals surface area contributed by atoms with Gasteiger partial charge in [0.1, 0.15) is 23.9 Å². The van der Waals surface area contributed by atoms with E-state index in [0.29, 0.717) is 41.7 Å². The third kappa shape index (κ3) is 5.33. The summed E-state index contributed by atoms with van der Waals surface area (Å²) in [6.45, 7) is 0.947. The maximum absolute atomic E-state index is 12.7. The molecule has 0 bridgehead atoms. The van der Waals surface area contributed by atoms with Crippen molar-refractivity contribution in [3.63, 3.8) is 0 Å². The molecule has 0 unspecified atom stereocenters. The van der Waals surface area contributed by atoms with Crippen LogP contribution in [0.15, 0.2) is 78.9 Å². The Labute approximate surface area is 158 Å². The van der Waals surface area contributed by atoms with Gasteiger partial charge >= 0.3 is 0 Å². The molecule has 1 amide bonds. The van der Waals surface area contributed by atoms with Crippen molar-refractivity contribution in [2.75, 3.05) is 25.6 Å². The van der Waals surface area contributed by atoms with Crippen molar-refractivity contribution >= 4 is 11.6 Å². The highest BCUT2D eigenvalue weighted by Gasteiger charge is 2.13. The van der Waals surface area contributed by atoms with Crippen LogP contribution in [0.1, 0.15) is 10.4 Å². The molecule has 0 spiro atoms. The van der Waals surface area contributed by atoms with Gasteiger partial charge in [-0.25, -0.2) is 0 Å². The second-order valence-corrected chi connectivity index (χ2v) is 5.73. The van der Waals surface area contributed by atoms with E-state index in [4.69, 9.17) is 14.2 Å². The van der Waals surface area contributed by atoms with E-state index < -0.39 is 0 Å². The lowest BCUT2D eigenvalue weighted by molar-refractivity contribution is 0.102. The fourth-order valence-electron chi connectivity index (χ4n) is 2.46. The highest BCUT2D eigenvalue weighted by Crippen LogP contribution is 2.26. The number of hydrogen-bond acceptors (Lipinski definition) is 4. The Morgan fingerprint density at radius 1 is 0.852 bits per heavy atom. The van der Waals surface area contributed by atoms with Gasteiger partial charge in [0.05, 0.1) is 12.2 Å². The second-order valence-electron chi connectivity index (χ2n) is 5.73. The van der Waals surface area contributed by atoms with Gasteiger partial charge in [-0.2, -0.15) is 0 Å². The third-order valence-corrected chi connectivity index (χ3v) is 3.75. The number of benzene rings is 3. The van der Waals surface area contributed by atoms with Crippen LogP contribution in [0.2, 0.25) is 0 Å². The molecule has 3 rings (SSSR count). The van der Waals surface area contributed by atoms with Gasteiger partial charge in [-0.3, -0.25) is 4.79 Å². The molecule has 0 aliphatic heterocycles. The lowest BCUT2D eigenvalue weighted by Gasteiger charge is -2.12. The topological polar surface area (TPSA) is 56.8 Å². The van der Waals surface area contributed by atoms with Gasteiger partial charge in [-0.05, 0) is 36.4 Å². The van der Waals surface area contributed by atoms with Crippen LogP contribution < -0.4 is 14.8 Å². The number of hydrogen-bond donors (Lipinski definition) is 1. The van der Waals surface area contributed by atoms with E-state index in [1.807, 2.05) is 54.6 Å². The molecule has 0 radical (unpaired) electrons. The number of methoxy groups -OCH3 is 1. The van der Waals surface area contributed by atoms with Gasteiger partial charge in [0.15, 0.2) is 0 Å². The van der Waals surface area contributed by atoms with Gasteiger partial charge in [-0.1, -0.05) is 36.4 Å². The van der Waals surface area contributed by atoms with E-state index >= 15 is 0 Å². The van der Waals surface area contributed by atoms with E-state index in [2.05, 4.69) is 5.32 Å². The van der Waals surface area contributed by atoms with Crippen LogP contribution in [0.5, 0.6) is 17.2 Å². The summed E-state index contributed by atoms with van der Waals surface area (Å²) < 4.78 is 16.4. The van der Waals surface area contributed by atoms with Gasteiger partial charge < -0.3 is 19.5 Å². The van der Waals surface area contributed by atoms with Crippen molar-refractivity contribution in [2.24, 2.45) is 0 Å². The number of anilines is 1. The molecule has 0 saturated carbocycles. The van der Waals surface area contributed by atoms with Gasteiger partial charge in [0.2, 0.25) is 0 Å². The maximum Gasteiger partial charge on any atom is 0.259 e. The van der Waals surface area contributed by atoms with Gasteiger partial charge in [-0.15, -0.1) is 0 Å². The van der Waals surface area contributed by atoms with Gasteiger partial charge in [0, 0.05) is 18.9 Å². The van der Waals surface area contributed by atoms with Crippen molar-refractivity contribution in [2.45, 2.75) is 0 Å². The van der Waals surface area contributed by atoms with Crippen LogP contribution in [0, 0.1) is 0 Å². The molecular weight excluding hydrogens is 342 g/mol. The number of amides is 1. The van der Waals surface area contributed by atoms with Crippen molar-refractivity contribution < 1.29 is 19.0 Å². The van der Waals surface area contributed by atoms with Crippen molar-refractivity contribution in [1.82, 2.24) is 0 Å². The lowest BCUT2D eigenvalue weighted by Crippen LogP contribution is -2.13. The number of rotatable bonds is 8. The van der Waals surface area contributed by atoms with Crippen molar-refractivity contribution in [3.05, 3.63) is 84.4 Å². The molecular formula is C22H21NO4. The van der Waals surface area contributed by atoms with Crippen LogP contribution >= 0.6 is 0 Å². The van der Waals surface area contributed by atoms with E-state index in [1.165, 1.54) is 0 Å². The van der Waals surface area contributed by atoms with Crippen molar-refractivity contribution in [1.29, 1.82) is 0 Å². The summed E-state index contributed by atoms with van der Waals surface area (Å²) in [4.78, 5) is 12.7. The summed E-state index contributed by atoms with van der Waals surface area (Å²) in [7, 11) is 1.62. The minimum Gasteiger partial charge on any atom is -0.491 e. The fraction of sp³-hybridized carbons (Fsp3) is 0.136. The molecule has 27 heavy (non-hydrogen) atoms. The van der Waals surface area contributed by atoms with Crippen LogP contribution in [-0.2, 0) is 4.74 Å². The first-order chi connectivity index (χ1) is 13.3. The number of ether oxygens (including phenoxy) is 3. The summed E-state index contributed by atoms with van der Waals surface area (Å²) >= 11 is 0. The maximum atomic E-state index is 12.7. The Bertz CT molecular complexity index is 880. The summed E-state index contributed by atoms with van der Waals surface area (Å²) in [5, 5.41) is 2.89. The van der Waals surface area contributed by atoms with Crippen LogP contribution in [0.3, 0.4) is 0 Å². The Morgan fingerprint density at radius 3 is 2.41 bits per heavy atom. The lowest BCUT2D eigenvalue weighted by atomic mass is 10.1. The molecule has 0 aliphatic carbocycles. The highest BCUT2D eigenvalue weighted by atomic mass is 16.5. The first-order valence-electron chi connectivity index (χ1n) is 8.61. The highest BCUT2D eigenvalue weighted by molar-refractivity contribution is 6.06. The molecule has 0 atom stereocenters. The predicted molar refractivity (Wildman–Crippen MR) is 105 cm³/mol. The van der Waals surface area contributed by atoms with E-state index in [9.17, 15) is 4.79 Å². The Kier molecular flexibility index (Phi) is 6.44. The normalized spacial score (nSPS) is 10.3. The largest absolute Gasteiger partial charge is 0.491 e. The third-order valence-electron chi connectivity index (χ3n) is 3.75. The minimum atomic E-state index is -0.254. The van der Waals surface area contributed by atoms with Crippen LogP contribution in [0.25, 0.3) is 0 Å². The van der Waals surface area contributed by atoms with E-state index in [1.54, 1.807) is 31.4 Å². The molecule has 3 aromatic rings. The van der Waals surface area contributed by atoms with Crippen molar-refractivity contribution in [3.8, 4) is 17.2 Å². The van der Waals surface area contributed by atoms with E-state index in [-0.39, 0.29) is 5.91 Å². The number of nitrogens with one attached hydrogen (secondary N) is 1. The Balaban J connectivity index is 1.72. The second kappa shape index (κ2) is 9.40. The fourth-order valence-corrected chi connectivity index (χ4v) is 2.46. The smallest absolute Gasteiger partial charge is 0.259 e. The van der Waals surface area contributed by atoms with Crippen LogP contribution in [-0.4, -0.2) is 26.2 Å². The molecule has 0 fully saturated rings. The zero-order valence-electron chi connectivity index (χ0n) is 15.1. The summed E-state index contributed by atoms with van der Waals surface area (Å²) in [6, 6.07) is 23.7. The molecule has 1 N–H and O–H groups in total. The molecule has 138 valence electrons. The summed E-state index contributed by atoms with van der Waals surface area (Å²) in [5.41, 5.74) is 1.09. The average Bonchev–Trinajstić information content (AvgIpc) is 2.70. The zero-order valence-corrected chi connectivity index (χ0v) is 15.1. The average molecular weight is 363 g/mol.